The topological polar surface area (TPSA) is 78.9 Å². The lowest BCUT2D eigenvalue weighted by Gasteiger charge is -2.13. The fraction of sp³-hybridized carbons (Fsp3) is 0.308. The molecule has 1 rings (SSSR count). The number of aldehydes is 1. The van der Waals surface area contributed by atoms with Gasteiger partial charge in [0, 0.05) is 0 Å². The summed E-state index contributed by atoms with van der Waals surface area (Å²) in [5.74, 6) is -1.70. The summed E-state index contributed by atoms with van der Waals surface area (Å²) in [6.45, 7) is 1.69. The Hall–Kier alpha value is -2.37. The van der Waals surface area contributed by atoms with Gasteiger partial charge in [-0.3, -0.25) is 9.59 Å². The van der Waals surface area contributed by atoms with Crippen LogP contribution in [0, 0.1) is 0 Å². The minimum Gasteiger partial charge on any atom is -0.492 e. The zero-order chi connectivity index (χ0) is 14.4. The molecule has 6 nitrogen and oxygen atoms in total. The van der Waals surface area contributed by atoms with Crippen molar-refractivity contribution in [1.29, 1.82) is 0 Å². The number of Topliss-reactive ketones (excluding diaryl/α,β-unsaturated/α-hetero) is 1. The highest BCUT2D eigenvalue weighted by molar-refractivity contribution is 6.41. The minimum absolute atomic E-state index is 0.0107. The van der Waals surface area contributed by atoms with Gasteiger partial charge >= 0.3 is 5.97 Å². The average Bonchev–Trinajstić information content (AvgIpc) is 2.44. The van der Waals surface area contributed by atoms with Crippen molar-refractivity contribution in [3.8, 4) is 11.5 Å². The highest BCUT2D eigenvalue weighted by Gasteiger charge is 2.25. The Kier molecular flexibility index (Phi) is 5.05. The van der Waals surface area contributed by atoms with Crippen LogP contribution in [0.5, 0.6) is 11.5 Å². The summed E-state index contributed by atoms with van der Waals surface area (Å²) < 4.78 is 14.7. The van der Waals surface area contributed by atoms with Gasteiger partial charge in [0.1, 0.15) is 0 Å². The standard InChI is InChI=1S/C13H14O6/c1-4-19-13(16)10(15)9-6-5-8(7-14)11(17-2)12(9)18-3/h5-7H,4H2,1-3H3. The first kappa shape index (κ1) is 14.7. The van der Waals surface area contributed by atoms with Crippen molar-refractivity contribution >= 4 is 18.0 Å². The van der Waals surface area contributed by atoms with Gasteiger partial charge in [-0.15, -0.1) is 0 Å². The van der Waals surface area contributed by atoms with Gasteiger partial charge in [0.05, 0.1) is 32.0 Å². The van der Waals surface area contributed by atoms with Crippen LogP contribution in [0.15, 0.2) is 12.1 Å². The van der Waals surface area contributed by atoms with Crippen LogP contribution in [0.1, 0.15) is 27.6 Å². The van der Waals surface area contributed by atoms with Crippen LogP contribution in [0.25, 0.3) is 0 Å². The van der Waals surface area contributed by atoms with E-state index in [4.69, 9.17) is 9.47 Å². The number of hydrogen-bond acceptors (Lipinski definition) is 6. The SMILES string of the molecule is CCOC(=O)C(=O)c1ccc(C=O)c(OC)c1OC. The van der Waals surface area contributed by atoms with E-state index in [1.165, 1.54) is 26.4 Å². The quantitative estimate of drug-likeness (QED) is 0.334. The van der Waals surface area contributed by atoms with Crippen molar-refractivity contribution in [3.63, 3.8) is 0 Å². The van der Waals surface area contributed by atoms with E-state index < -0.39 is 11.8 Å². The van der Waals surface area contributed by atoms with Gasteiger partial charge in [-0.05, 0) is 19.1 Å². The second kappa shape index (κ2) is 6.53. The van der Waals surface area contributed by atoms with Gasteiger partial charge in [-0.25, -0.2) is 4.79 Å². The number of ether oxygens (including phenoxy) is 3. The molecular formula is C13H14O6. The summed E-state index contributed by atoms with van der Waals surface area (Å²) in [5.41, 5.74) is 0.211. The summed E-state index contributed by atoms with van der Waals surface area (Å²) in [5, 5.41) is 0. The molecule has 0 saturated heterocycles. The maximum absolute atomic E-state index is 11.9. The molecule has 0 N–H and O–H groups in total. The minimum atomic E-state index is -0.985. The Balaban J connectivity index is 3.32. The largest absolute Gasteiger partial charge is 0.492 e. The lowest BCUT2D eigenvalue weighted by molar-refractivity contribution is -0.137. The van der Waals surface area contributed by atoms with Gasteiger partial charge in [0.25, 0.3) is 5.78 Å². The Morgan fingerprint density at radius 3 is 2.26 bits per heavy atom. The second-order valence-electron chi connectivity index (χ2n) is 3.44. The van der Waals surface area contributed by atoms with Crippen LogP contribution in [0.3, 0.4) is 0 Å². The van der Waals surface area contributed by atoms with E-state index in [1.807, 2.05) is 0 Å². The molecule has 1 aromatic carbocycles. The van der Waals surface area contributed by atoms with E-state index in [0.29, 0.717) is 6.29 Å². The predicted molar refractivity (Wildman–Crippen MR) is 65.9 cm³/mol. The van der Waals surface area contributed by atoms with Crippen molar-refractivity contribution in [2.24, 2.45) is 0 Å². The fourth-order valence-electron chi connectivity index (χ4n) is 1.57. The van der Waals surface area contributed by atoms with Gasteiger partial charge in [-0.1, -0.05) is 0 Å². The Morgan fingerprint density at radius 2 is 1.79 bits per heavy atom. The van der Waals surface area contributed by atoms with E-state index in [2.05, 4.69) is 4.74 Å². The van der Waals surface area contributed by atoms with Crippen LogP contribution in [-0.4, -0.2) is 38.9 Å². The van der Waals surface area contributed by atoms with Crippen LogP contribution in [-0.2, 0) is 9.53 Å². The van der Waals surface area contributed by atoms with Crippen molar-refractivity contribution < 1.29 is 28.6 Å². The first-order valence-corrected chi connectivity index (χ1v) is 5.52. The number of carbonyl (C=O) groups excluding carboxylic acids is 3. The molecule has 0 spiro atoms. The molecule has 0 radical (unpaired) electrons. The molecule has 0 aliphatic rings. The molecule has 0 fully saturated rings. The van der Waals surface area contributed by atoms with E-state index in [9.17, 15) is 14.4 Å². The smallest absolute Gasteiger partial charge is 0.379 e. The molecule has 0 atom stereocenters. The molecule has 0 aromatic heterocycles. The molecular weight excluding hydrogens is 252 g/mol. The second-order valence-corrected chi connectivity index (χ2v) is 3.44. The number of esters is 1. The number of hydrogen-bond donors (Lipinski definition) is 0. The van der Waals surface area contributed by atoms with Crippen LogP contribution in [0.4, 0.5) is 0 Å². The number of rotatable bonds is 6. The molecule has 0 amide bonds. The third-order valence-electron chi connectivity index (χ3n) is 2.38. The molecule has 0 aliphatic carbocycles. The highest BCUT2D eigenvalue weighted by Crippen LogP contribution is 2.34. The van der Waals surface area contributed by atoms with Crippen molar-refractivity contribution in [2.45, 2.75) is 6.92 Å². The molecule has 19 heavy (non-hydrogen) atoms. The van der Waals surface area contributed by atoms with Crippen molar-refractivity contribution in [1.82, 2.24) is 0 Å². The molecule has 6 heteroatoms. The predicted octanol–water partition coefficient (Wildman–Crippen LogP) is 1.26. The van der Waals surface area contributed by atoms with Crippen LogP contribution < -0.4 is 9.47 Å². The van der Waals surface area contributed by atoms with E-state index in [0.717, 1.165) is 0 Å². The lowest BCUT2D eigenvalue weighted by Crippen LogP contribution is -2.18. The van der Waals surface area contributed by atoms with E-state index in [1.54, 1.807) is 6.92 Å². The third kappa shape index (κ3) is 2.90. The number of carbonyl (C=O) groups is 3. The normalized spacial score (nSPS) is 9.63. The molecule has 0 bridgehead atoms. The first-order valence-electron chi connectivity index (χ1n) is 5.52. The number of ketones is 1. The fourth-order valence-corrected chi connectivity index (χ4v) is 1.57. The maximum Gasteiger partial charge on any atom is 0.379 e. The molecule has 0 aliphatic heterocycles. The zero-order valence-corrected chi connectivity index (χ0v) is 10.9. The Bertz CT molecular complexity index is 506. The zero-order valence-electron chi connectivity index (χ0n) is 10.9. The molecule has 1 aromatic rings. The molecule has 0 unspecified atom stereocenters. The monoisotopic (exact) mass is 266 g/mol. The molecule has 102 valence electrons. The highest BCUT2D eigenvalue weighted by atomic mass is 16.5. The van der Waals surface area contributed by atoms with E-state index in [-0.39, 0.29) is 29.2 Å². The van der Waals surface area contributed by atoms with Gasteiger partial charge in [0.2, 0.25) is 0 Å². The van der Waals surface area contributed by atoms with Gasteiger partial charge in [0.15, 0.2) is 17.8 Å². The van der Waals surface area contributed by atoms with Crippen molar-refractivity contribution in [2.75, 3.05) is 20.8 Å². The molecule has 0 heterocycles. The summed E-state index contributed by atoms with van der Waals surface area (Å²) in [4.78, 5) is 34.2. The summed E-state index contributed by atoms with van der Waals surface area (Å²) in [7, 11) is 2.65. The molecule has 0 saturated carbocycles. The average molecular weight is 266 g/mol. The third-order valence-corrected chi connectivity index (χ3v) is 2.38. The number of methoxy groups -OCH3 is 2. The summed E-state index contributed by atoms with van der Waals surface area (Å²) >= 11 is 0. The van der Waals surface area contributed by atoms with Crippen LogP contribution in [0.2, 0.25) is 0 Å². The first-order chi connectivity index (χ1) is 9.10. The Morgan fingerprint density at radius 1 is 1.16 bits per heavy atom. The summed E-state index contributed by atoms with van der Waals surface area (Å²) in [6, 6.07) is 2.70. The van der Waals surface area contributed by atoms with Crippen molar-refractivity contribution in [3.05, 3.63) is 23.3 Å². The Labute approximate surface area is 110 Å². The number of benzene rings is 1. The van der Waals surface area contributed by atoms with Gasteiger partial charge in [-0.2, -0.15) is 0 Å². The maximum atomic E-state index is 11.9. The van der Waals surface area contributed by atoms with E-state index >= 15 is 0 Å². The lowest BCUT2D eigenvalue weighted by atomic mass is 10.1. The van der Waals surface area contributed by atoms with Gasteiger partial charge < -0.3 is 14.2 Å². The summed E-state index contributed by atoms with van der Waals surface area (Å²) in [6.07, 6.45) is 0.569. The van der Waals surface area contributed by atoms with Crippen LogP contribution >= 0.6 is 0 Å².